The van der Waals surface area contributed by atoms with Gasteiger partial charge in [0, 0.05) is 17.8 Å². The molecule has 0 spiro atoms. The molecule has 0 unspecified atom stereocenters. The molecule has 0 radical (unpaired) electrons. The highest BCUT2D eigenvalue weighted by atomic mass is 19.1. The lowest BCUT2D eigenvalue weighted by molar-refractivity contribution is -0.140. The maximum absolute atomic E-state index is 13.7. The molecule has 2 bridgehead atoms. The normalized spacial score (nSPS) is 25.7. The predicted octanol–water partition coefficient (Wildman–Crippen LogP) is 5.52. The predicted molar refractivity (Wildman–Crippen MR) is 136 cm³/mol. The Kier molecular flexibility index (Phi) is 9.11. The average molecular weight is 513 g/mol. The van der Waals surface area contributed by atoms with Crippen LogP contribution in [0.25, 0.3) is 0 Å². The molecule has 37 heavy (non-hydrogen) atoms. The molecule has 2 aliphatic rings. The lowest BCUT2D eigenvalue weighted by Crippen LogP contribution is -2.39. The largest absolute Gasteiger partial charge is 0.491 e. The first-order chi connectivity index (χ1) is 17.9. The number of fused-ring (bicyclic) bond motifs is 2. The maximum Gasteiger partial charge on any atom is 0.305 e. The Hall–Kier alpha value is -3.03. The third kappa shape index (κ3) is 6.65. The molecule has 5 atom stereocenters. The fourth-order valence-corrected chi connectivity index (χ4v) is 5.56. The average Bonchev–Trinajstić information content (AvgIpc) is 3.47. The van der Waals surface area contributed by atoms with E-state index in [1.54, 1.807) is 6.08 Å². The molecule has 0 aromatic heterocycles. The van der Waals surface area contributed by atoms with E-state index in [0.717, 1.165) is 31.2 Å². The van der Waals surface area contributed by atoms with Crippen LogP contribution in [0.2, 0.25) is 0 Å². The van der Waals surface area contributed by atoms with Gasteiger partial charge in [-0.2, -0.15) is 0 Å². The number of aliphatic hydroxyl groups excluding tert-OH is 1. The Labute approximate surface area is 216 Å². The Balaban J connectivity index is 1.44. The highest BCUT2D eigenvalue weighted by Gasteiger charge is 2.58. The van der Waals surface area contributed by atoms with Crippen LogP contribution >= 0.6 is 0 Å². The number of esters is 1. The van der Waals surface area contributed by atoms with E-state index in [-0.39, 0.29) is 47.6 Å². The van der Waals surface area contributed by atoms with Gasteiger partial charge in [-0.15, -0.1) is 0 Å². The van der Waals surface area contributed by atoms with E-state index in [4.69, 9.17) is 14.2 Å². The molecule has 1 N–H and O–H groups in total. The van der Waals surface area contributed by atoms with Crippen molar-refractivity contribution in [1.82, 2.24) is 0 Å². The molecular weight excluding hydrogens is 478 g/mol. The summed E-state index contributed by atoms with van der Waals surface area (Å²) in [5.41, 5.74) is 0.829. The summed E-state index contributed by atoms with van der Waals surface area (Å²) >= 11 is 0. The second kappa shape index (κ2) is 12.5. The zero-order chi connectivity index (χ0) is 26.3. The first-order valence-electron chi connectivity index (χ1n) is 12.8. The minimum atomic E-state index is -0.833. The lowest BCUT2D eigenvalue weighted by Gasteiger charge is -2.38. The van der Waals surface area contributed by atoms with Crippen LogP contribution in [0.1, 0.15) is 37.7 Å². The number of halogens is 2. The van der Waals surface area contributed by atoms with Crippen molar-refractivity contribution in [3.63, 3.8) is 0 Å². The number of unbranched alkanes of at least 4 members (excludes halogenated alkanes) is 1. The van der Waals surface area contributed by atoms with Crippen LogP contribution in [0, 0.1) is 23.5 Å². The number of allylic oxidation sites excluding steroid dienone is 2. The van der Waals surface area contributed by atoms with Gasteiger partial charge in [-0.25, -0.2) is 8.78 Å². The Morgan fingerprint density at radius 2 is 1.84 bits per heavy atom. The highest BCUT2D eigenvalue weighted by molar-refractivity contribution is 5.69. The fraction of sp³-hybridized carbons (Fsp3) is 0.433. The van der Waals surface area contributed by atoms with Crippen LogP contribution in [0.5, 0.6) is 5.75 Å². The van der Waals surface area contributed by atoms with Crippen molar-refractivity contribution < 1.29 is 32.9 Å². The van der Waals surface area contributed by atoms with E-state index in [1.807, 2.05) is 18.2 Å². The minimum absolute atomic E-state index is 0.00393. The standard InChI is InChI=1S/C30H34F2O5/c1-35-29(34)7-5-3-2-4-6-27-26(17-14-24(33)19-36-25-15-12-23(32)13-16-25)28-18-30(27,20-37-28)21-8-10-22(31)11-9-21/h2,4,8-17,24,26-28,33H,3,5-7,18-20H2,1H3/t24-,26-,27-,28-,30-/m0/s1. The Morgan fingerprint density at radius 3 is 2.54 bits per heavy atom. The highest BCUT2D eigenvalue weighted by Crippen LogP contribution is 2.57. The molecule has 1 heterocycles. The molecule has 7 heteroatoms. The van der Waals surface area contributed by atoms with E-state index in [2.05, 4.69) is 12.2 Å². The molecule has 2 aromatic rings. The zero-order valence-electron chi connectivity index (χ0n) is 21.0. The summed E-state index contributed by atoms with van der Waals surface area (Å²) in [4.78, 5) is 11.3. The van der Waals surface area contributed by atoms with Crippen LogP contribution in [-0.4, -0.2) is 43.6 Å². The summed E-state index contributed by atoms with van der Waals surface area (Å²) in [5, 5.41) is 10.5. The number of ether oxygens (including phenoxy) is 3. The molecule has 0 amide bonds. The van der Waals surface area contributed by atoms with Crippen molar-refractivity contribution >= 4 is 5.97 Å². The molecular formula is C30H34F2O5. The van der Waals surface area contributed by atoms with Gasteiger partial charge in [-0.05, 0) is 73.6 Å². The lowest BCUT2D eigenvalue weighted by atomic mass is 9.69. The summed E-state index contributed by atoms with van der Waals surface area (Å²) in [6.45, 7) is 0.624. The van der Waals surface area contributed by atoms with Gasteiger partial charge >= 0.3 is 5.97 Å². The van der Waals surface area contributed by atoms with Gasteiger partial charge in [-0.3, -0.25) is 4.79 Å². The van der Waals surface area contributed by atoms with Gasteiger partial charge < -0.3 is 19.3 Å². The quantitative estimate of drug-likeness (QED) is 0.230. The van der Waals surface area contributed by atoms with Gasteiger partial charge in [0.2, 0.25) is 0 Å². The molecule has 1 saturated carbocycles. The van der Waals surface area contributed by atoms with Gasteiger partial charge in [-0.1, -0.05) is 36.4 Å². The van der Waals surface area contributed by atoms with Crippen molar-refractivity contribution in [2.75, 3.05) is 20.3 Å². The topological polar surface area (TPSA) is 65.0 Å². The number of carbonyl (C=O) groups excluding carboxylic acids is 1. The van der Waals surface area contributed by atoms with E-state index < -0.39 is 6.10 Å². The second-order valence-corrected chi connectivity index (χ2v) is 9.79. The molecule has 1 saturated heterocycles. The maximum atomic E-state index is 13.7. The van der Waals surface area contributed by atoms with E-state index in [9.17, 15) is 18.7 Å². The molecule has 2 fully saturated rings. The first-order valence-corrected chi connectivity index (χ1v) is 12.8. The molecule has 5 nitrogen and oxygen atoms in total. The summed E-state index contributed by atoms with van der Waals surface area (Å²) in [6, 6.07) is 12.4. The summed E-state index contributed by atoms with van der Waals surface area (Å²) in [6.07, 6.45) is 10.7. The van der Waals surface area contributed by atoms with Crippen LogP contribution in [-0.2, 0) is 19.7 Å². The van der Waals surface area contributed by atoms with E-state index >= 15 is 0 Å². The molecule has 4 rings (SSSR count). The van der Waals surface area contributed by atoms with Crippen molar-refractivity contribution in [2.45, 2.75) is 49.7 Å². The van der Waals surface area contributed by atoms with E-state index in [1.165, 1.54) is 43.5 Å². The van der Waals surface area contributed by atoms with Gasteiger partial charge in [0.25, 0.3) is 0 Å². The second-order valence-electron chi connectivity index (χ2n) is 9.79. The van der Waals surface area contributed by atoms with Crippen LogP contribution in [0.15, 0.2) is 72.8 Å². The van der Waals surface area contributed by atoms with Gasteiger partial charge in [0.15, 0.2) is 0 Å². The molecule has 198 valence electrons. The fourth-order valence-electron chi connectivity index (χ4n) is 5.56. The third-order valence-electron chi connectivity index (χ3n) is 7.47. The summed E-state index contributed by atoms with van der Waals surface area (Å²) in [7, 11) is 1.39. The number of hydrogen-bond donors (Lipinski definition) is 1. The van der Waals surface area contributed by atoms with E-state index in [0.29, 0.717) is 18.8 Å². The van der Waals surface area contributed by atoms with Crippen molar-refractivity contribution in [1.29, 1.82) is 0 Å². The Morgan fingerprint density at radius 1 is 1.14 bits per heavy atom. The van der Waals surface area contributed by atoms with Crippen molar-refractivity contribution in [3.8, 4) is 5.75 Å². The van der Waals surface area contributed by atoms with Crippen LogP contribution in [0.3, 0.4) is 0 Å². The minimum Gasteiger partial charge on any atom is -0.491 e. The van der Waals surface area contributed by atoms with Crippen LogP contribution < -0.4 is 4.74 Å². The first kappa shape index (κ1) is 27.0. The smallest absolute Gasteiger partial charge is 0.305 e. The number of methoxy groups -OCH3 is 1. The molecule has 1 aliphatic carbocycles. The number of aliphatic hydroxyl groups is 1. The number of hydrogen-bond acceptors (Lipinski definition) is 5. The number of carbonyl (C=O) groups is 1. The summed E-state index contributed by atoms with van der Waals surface area (Å²) < 4.78 is 43.2. The summed E-state index contributed by atoms with van der Waals surface area (Å²) in [5.74, 6) is -0.0585. The van der Waals surface area contributed by atoms with Gasteiger partial charge in [0.05, 0.1) is 19.8 Å². The van der Waals surface area contributed by atoms with Crippen LogP contribution in [0.4, 0.5) is 8.78 Å². The third-order valence-corrected chi connectivity index (χ3v) is 7.47. The van der Waals surface area contributed by atoms with Gasteiger partial charge in [0.1, 0.15) is 30.1 Å². The number of benzene rings is 2. The Bertz CT molecular complexity index is 1080. The zero-order valence-corrected chi connectivity index (χ0v) is 21.0. The molecule has 1 aliphatic heterocycles. The molecule has 2 aromatic carbocycles. The number of rotatable bonds is 12. The monoisotopic (exact) mass is 512 g/mol. The van der Waals surface area contributed by atoms with Crippen molar-refractivity contribution in [3.05, 3.63) is 90.0 Å². The van der Waals surface area contributed by atoms with Crippen molar-refractivity contribution in [2.24, 2.45) is 11.8 Å². The SMILES string of the molecule is COC(=O)CCCC=CC[C@H]1[C@H](C=C[C@H](O)COc2ccc(F)cc2)[C@@H]2C[C@@]1(c1ccc(F)cc1)CO2.